The number of rotatable bonds is 13. The van der Waals surface area contributed by atoms with Crippen molar-refractivity contribution in [1.29, 1.82) is 0 Å². The number of amides is 2. The Labute approximate surface area is 270 Å². The minimum Gasteiger partial charge on any atom is -0.497 e. The van der Waals surface area contributed by atoms with Gasteiger partial charge in [-0.2, -0.15) is 0 Å². The first-order valence-corrected chi connectivity index (χ1v) is 16.4. The summed E-state index contributed by atoms with van der Waals surface area (Å²) >= 11 is 6.22. The number of hydrogen-bond donors (Lipinski definition) is 1. The number of anilines is 1. The van der Waals surface area contributed by atoms with Crippen LogP contribution < -0.4 is 14.4 Å². The number of sulfonamides is 1. The van der Waals surface area contributed by atoms with Crippen molar-refractivity contribution < 1.29 is 22.7 Å². The van der Waals surface area contributed by atoms with Crippen molar-refractivity contribution in [3.05, 3.63) is 125 Å². The third-order valence-corrected chi connectivity index (χ3v) is 9.24. The number of aryl methyl sites for hydroxylation is 1. The summed E-state index contributed by atoms with van der Waals surface area (Å²) < 4.78 is 34.8. The van der Waals surface area contributed by atoms with Gasteiger partial charge in [-0.15, -0.1) is 0 Å². The predicted octanol–water partition coefficient (Wildman–Crippen LogP) is 6.02. The number of halogens is 1. The molecule has 0 fully saturated rings. The molecule has 4 aromatic carbocycles. The number of carbonyl (C=O) groups is 2. The minimum atomic E-state index is -4.20. The lowest BCUT2D eigenvalue weighted by atomic mass is 10.0. The quantitative estimate of drug-likeness (QED) is 0.192. The summed E-state index contributed by atoms with van der Waals surface area (Å²) in [7, 11) is -2.65. The van der Waals surface area contributed by atoms with E-state index in [2.05, 4.69) is 5.32 Å². The van der Waals surface area contributed by atoms with Crippen LogP contribution in [0.1, 0.15) is 30.5 Å². The molecule has 4 rings (SSSR count). The second-order valence-electron chi connectivity index (χ2n) is 11.0. The van der Waals surface area contributed by atoms with Gasteiger partial charge < -0.3 is 15.0 Å². The predicted molar refractivity (Wildman–Crippen MR) is 178 cm³/mol. The Morgan fingerprint density at radius 1 is 0.867 bits per heavy atom. The largest absolute Gasteiger partial charge is 0.497 e. The summed E-state index contributed by atoms with van der Waals surface area (Å²) in [6, 6.07) is 28.3. The summed E-state index contributed by atoms with van der Waals surface area (Å²) in [5, 5.41) is 3.40. The number of benzene rings is 4. The van der Waals surface area contributed by atoms with E-state index in [0.717, 1.165) is 15.4 Å². The Balaban J connectivity index is 1.83. The van der Waals surface area contributed by atoms with E-state index >= 15 is 0 Å². The number of nitrogens with zero attached hydrogens (tertiary/aromatic N) is 2. The van der Waals surface area contributed by atoms with Crippen molar-refractivity contribution in [2.75, 3.05) is 18.0 Å². The van der Waals surface area contributed by atoms with Crippen molar-refractivity contribution in [3.8, 4) is 5.75 Å². The smallest absolute Gasteiger partial charge is 0.264 e. The fourth-order valence-corrected chi connectivity index (χ4v) is 6.76. The van der Waals surface area contributed by atoms with Gasteiger partial charge in [0.25, 0.3) is 10.0 Å². The van der Waals surface area contributed by atoms with Gasteiger partial charge in [-0.25, -0.2) is 8.42 Å². The molecule has 0 aliphatic carbocycles. The lowest BCUT2D eigenvalue weighted by molar-refractivity contribution is -0.140. The maximum Gasteiger partial charge on any atom is 0.264 e. The van der Waals surface area contributed by atoms with Crippen LogP contribution in [0.4, 0.5) is 5.69 Å². The first kappa shape index (κ1) is 33.6. The third kappa shape index (κ3) is 8.65. The van der Waals surface area contributed by atoms with E-state index in [1.165, 1.54) is 17.0 Å². The Morgan fingerprint density at radius 3 is 2.13 bits per heavy atom. The second kappa shape index (κ2) is 15.1. The van der Waals surface area contributed by atoms with Crippen molar-refractivity contribution in [3.63, 3.8) is 0 Å². The summed E-state index contributed by atoms with van der Waals surface area (Å²) in [6.07, 6.45) is 0.223. The van der Waals surface area contributed by atoms with Crippen LogP contribution in [0.5, 0.6) is 5.75 Å². The Hall–Kier alpha value is -4.34. The molecule has 0 radical (unpaired) electrons. The fraction of sp³-hybridized carbons (Fsp3) is 0.257. The number of ether oxygens (including phenoxy) is 1. The second-order valence-corrected chi connectivity index (χ2v) is 13.3. The molecular weight excluding hydrogens is 610 g/mol. The van der Waals surface area contributed by atoms with E-state index in [1.807, 2.05) is 50.2 Å². The molecule has 0 spiro atoms. The molecule has 0 saturated carbocycles. The van der Waals surface area contributed by atoms with E-state index in [9.17, 15) is 18.0 Å². The summed E-state index contributed by atoms with van der Waals surface area (Å²) in [5.41, 5.74) is 2.46. The van der Waals surface area contributed by atoms with Gasteiger partial charge in [0, 0.05) is 24.0 Å². The summed E-state index contributed by atoms with van der Waals surface area (Å²) in [4.78, 5) is 29.8. The third-order valence-electron chi connectivity index (χ3n) is 7.23. The zero-order chi connectivity index (χ0) is 32.6. The molecule has 4 aromatic rings. The van der Waals surface area contributed by atoms with Crippen molar-refractivity contribution in [1.82, 2.24) is 10.2 Å². The number of nitrogens with one attached hydrogen (secondary N) is 1. The van der Waals surface area contributed by atoms with E-state index in [1.54, 1.807) is 68.6 Å². The molecule has 1 unspecified atom stereocenters. The Kier molecular flexibility index (Phi) is 11.3. The van der Waals surface area contributed by atoms with Crippen LogP contribution >= 0.6 is 11.6 Å². The standard InChI is InChI=1S/C35H38ClN3O5S/c1-25(2)37-35(41)33(22-27-12-7-5-8-13-27)38(23-28-14-11-15-30(21-28)44-4)34(40)24-39(32-19-18-29(36)20-26(32)3)45(42,43)31-16-9-6-10-17-31/h5-21,25,33H,22-24H2,1-4H3,(H,37,41). The van der Waals surface area contributed by atoms with Crippen LogP contribution in [-0.4, -0.2) is 50.9 Å². The van der Waals surface area contributed by atoms with Crippen molar-refractivity contribution >= 4 is 39.1 Å². The van der Waals surface area contributed by atoms with Gasteiger partial charge in [0.2, 0.25) is 11.8 Å². The SMILES string of the molecule is COc1cccc(CN(C(=O)CN(c2ccc(Cl)cc2C)S(=O)(=O)c2ccccc2)C(Cc2ccccc2)C(=O)NC(C)C)c1. The van der Waals surface area contributed by atoms with Gasteiger partial charge in [0.1, 0.15) is 18.3 Å². The van der Waals surface area contributed by atoms with Crippen LogP contribution in [0, 0.1) is 6.92 Å². The molecule has 0 saturated heterocycles. The average Bonchev–Trinajstić information content (AvgIpc) is 3.02. The van der Waals surface area contributed by atoms with Gasteiger partial charge in [0.15, 0.2) is 0 Å². The van der Waals surface area contributed by atoms with E-state index in [4.69, 9.17) is 16.3 Å². The van der Waals surface area contributed by atoms with Crippen LogP contribution in [0.25, 0.3) is 0 Å². The highest BCUT2D eigenvalue weighted by molar-refractivity contribution is 7.92. The molecule has 0 aliphatic heterocycles. The number of methoxy groups -OCH3 is 1. The van der Waals surface area contributed by atoms with Gasteiger partial charge in [-0.3, -0.25) is 13.9 Å². The molecule has 0 heterocycles. The Morgan fingerprint density at radius 2 is 1.51 bits per heavy atom. The van der Waals surface area contributed by atoms with Crippen LogP contribution in [0.3, 0.4) is 0 Å². The minimum absolute atomic E-state index is 0.0323. The lowest BCUT2D eigenvalue weighted by Gasteiger charge is -2.34. The van der Waals surface area contributed by atoms with Gasteiger partial charge >= 0.3 is 0 Å². The number of carbonyl (C=O) groups excluding carboxylic acids is 2. The fourth-order valence-electron chi connectivity index (χ4n) is 5.03. The highest BCUT2D eigenvalue weighted by atomic mass is 35.5. The number of hydrogen-bond acceptors (Lipinski definition) is 5. The molecule has 0 bridgehead atoms. The zero-order valence-electron chi connectivity index (χ0n) is 25.8. The maximum atomic E-state index is 14.5. The van der Waals surface area contributed by atoms with Gasteiger partial charge in [-0.05, 0) is 79.9 Å². The molecule has 10 heteroatoms. The normalized spacial score (nSPS) is 12.0. The molecule has 45 heavy (non-hydrogen) atoms. The first-order chi connectivity index (χ1) is 21.5. The molecular formula is C35H38ClN3O5S. The van der Waals surface area contributed by atoms with Crippen LogP contribution in [0.15, 0.2) is 108 Å². The van der Waals surface area contributed by atoms with Gasteiger partial charge in [-0.1, -0.05) is 72.3 Å². The van der Waals surface area contributed by atoms with Crippen molar-refractivity contribution in [2.24, 2.45) is 0 Å². The highest BCUT2D eigenvalue weighted by Gasteiger charge is 2.35. The Bertz CT molecular complexity index is 1720. The van der Waals surface area contributed by atoms with Crippen molar-refractivity contribution in [2.45, 2.75) is 50.7 Å². The summed E-state index contributed by atoms with van der Waals surface area (Å²) in [6.45, 7) is 4.93. The molecule has 8 nitrogen and oxygen atoms in total. The molecule has 236 valence electrons. The maximum absolute atomic E-state index is 14.5. The van der Waals surface area contributed by atoms with Crippen LogP contribution in [0.2, 0.25) is 5.02 Å². The monoisotopic (exact) mass is 647 g/mol. The average molecular weight is 648 g/mol. The summed E-state index contributed by atoms with van der Waals surface area (Å²) in [5.74, 6) is -0.298. The highest BCUT2D eigenvalue weighted by Crippen LogP contribution is 2.30. The first-order valence-electron chi connectivity index (χ1n) is 14.6. The molecule has 0 aliphatic rings. The molecule has 1 atom stereocenters. The zero-order valence-corrected chi connectivity index (χ0v) is 27.4. The van der Waals surface area contributed by atoms with E-state index < -0.39 is 28.5 Å². The molecule has 2 amide bonds. The topological polar surface area (TPSA) is 96.0 Å². The molecule has 0 aromatic heterocycles. The van der Waals surface area contributed by atoms with Crippen LogP contribution in [-0.2, 0) is 32.6 Å². The van der Waals surface area contributed by atoms with E-state index in [-0.39, 0.29) is 29.8 Å². The van der Waals surface area contributed by atoms with E-state index in [0.29, 0.717) is 22.0 Å². The van der Waals surface area contributed by atoms with Gasteiger partial charge in [0.05, 0.1) is 17.7 Å². The lowest BCUT2D eigenvalue weighted by Crippen LogP contribution is -2.54. The molecule has 1 N–H and O–H groups in total.